The predicted octanol–water partition coefficient (Wildman–Crippen LogP) is 1.44. The summed E-state index contributed by atoms with van der Waals surface area (Å²) >= 11 is 4.79. The van der Waals surface area contributed by atoms with Crippen LogP contribution in [0.1, 0.15) is 24.5 Å². The molecule has 1 saturated heterocycles. The highest BCUT2D eigenvalue weighted by Crippen LogP contribution is 2.32. The largest absolute Gasteiger partial charge is 0.392 e. The third-order valence-corrected chi connectivity index (χ3v) is 3.69. The fourth-order valence-electron chi connectivity index (χ4n) is 2.40. The van der Waals surface area contributed by atoms with E-state index in [-0.39, 0.29) is 17.4 Å². The lowest BCUT2D eigenvalue weighted by Gasteiger charge is -2.25. The number of nitrogens with zero attached hydrogens (tertiary/aromatic N) is 1. The van der Waals surface area contributed by atoms with Crippen molar-refractivity contribution < 1.29 is 9.59 Å². The molecule has 0 bridgehead atoms. The number of hydrogen-bond donors (Lipinski definition) is 2. The average Bonchev–Trinajstić information content (AvgIpc) is 2.64. The molecule has 6 heteroatoms. The molecule has 1 heterocycles. The van der Waals surface area contributed by atoms with E-state index >= 15 is 0 Å². The topological polar surface area (TPSA) is 75.4 Å². The Hall–Kier alpha value is -1.95. The first-order valence-corrected chi connectivity index (χ1v) is 6.81. The molecule has 1 aliphatic heterocycles. The second kappa shape index (κ2) is 5.20. The van der Waals surface area contributed by atoms with Gasteiger partial charge >= 0.3 is 6.03 Å². The van der Waals surface area contributed by atoms with Gasteiger partial charge in [-0.15, -0.1) is 0 Å². The van der Waals surface area contributed by atoms with Gasteiger partial charge in [0.1, 0.15) is 5.54 Å². The van der Waals surface area contributed by atoms with Gasteiger partial charge in [-0.1, -0.05) is 49.0 Å². The zero-order valence-corrected chi connectivity index (χ0v) is 12.3. The number of hydrogen-bond acceptors (Lipinski definition) is 3. The maximum Gasteiger partial charge on any atom is 0.325 e. The minimum atomic E-state index is -1.02. The maximum absolute atomic E-state index is 12.6. The number of amides is 3. The SMILES string of the molecule is CCC1(c2ccc(C)cc2)NC(=O)N(CC(N)=S)C1=O. The number of urea groups is 1. The van der Waals surface area contributed by atoms with Crippen molar-refractivity contribution in [2.45, 2.75) is 25.8 Å². The molecule has 1 fully saturated rings. The van der Waals surface area contributed by atoms with Crippen molar-refractivity contribution in [2.75, 3.05) is 6.54 Å². The highest BCUT2D eigenvalue weighted by molar-refractivity contribution is 7.80. The Bertz CT molecular complexity index is 570. The van der Waals surface area contributed by atoms with E-state index < -0.39 is 11.6 Å². The number of thiocarbonyl (C=S) groups is 1. The van der Waals surface area contributed by atoms with Crippen molar-refractivity contribution >= 4 is 29.1 Å². The van der Waals surface area contributed by atoms with Crippen LogP contribution < -0.4 is 11.1 Å². The zero-order chi connectivity index (χ0) is 14.9. The highest BCUT2D eigenvalue weighted by Gasteiger charge is 2.51. The van der Waals surface area contributed by atoms with E-state index in [1.54, 1.807) is 0 Å². The molecule has 1 aromatic rings. The number of rotatable bonds is 4. The standard InChI is InChI=1S/C14H17N3O2S/c1-3-14(10-6-4-9(2)5-7-10)12(18)17(8-11(15)20)13(19)16-14/h4-7H,3,8H2,1-2H3,(H2,15,20)(H,16,19). The van der Waals surface area contributed by atoms with Crippen LogP contribution in [-0.4, -0.2) is 28.4 Å². The molecule has 1 atom stereocenters. The van der Waals surface area contributed by atoms with Crippen molar-refractivity contribution in [3.8, 4) is 0 Å². The van der Waals surface area contributed by atoms with E-state index in [2.05, 4.69) is 5.32 Å². The third kappa shape index (κ3) is 2.27. The summed E-state index contributed by atoms with van der Waals surface area (Å²) in [7, 11) is 0. The number of nitrogens with one attached hydrogen (secondary N) is 1. The molecular formula is C14H17N3O2S. The first-order chi connectivity index (χ1) is 9.40. The molecule has 0 aliphatic carbocycles. The Morgan fingerprint density at radius 2 is 1.95 bits per heavy atom. The first-order valence-electron chi connectivity index (χ1n) is 6.40. The summed E-state index contributed by atoms with van der Waals surface area (Å²) in [4.78, 5) is 25.8. The molecule has 3 N–H and O–H groups in total. The Labute approximate surface area is 123 Å². The lowest BCUT2D eigenvalue weighted by atomic mass is 9.87. The molecular weight excluding hydrogens is 274 g/mol. The van der Waals surface area contributed by atoms with Gasteiger partial charge in [0.25, 0.3) is 5.91 Å². The van der Waals surface area contributed by atoms with Crippen LogP contribution in [0, 0.1) is 6.92 Å². The second-order valence-corrected chi connectivity index (χ2v) is 5.44. The molecule has 0 radical (unpaired) electrons. The lowest BCUT2D eigenvalue weighted by Crippen LogP contribution is -2.44. The monoisotopic (exact) mass is 291 g/mol. The van der Waals surface area contributed by atoms with Crippen LogP contribution in [0.5, 0.6) is 0 Å². The van der Waals surface area contributed by atoms with Gasteiger partial charge in [-0.3, -0.25) is 9.69 Å². The minimum absolute atomic E-state index is 0.0341. The van der Waals surface area contributed by atoms with Crippen LogP contribution in [0.2, 0.25) is 0 Å². The van der Waals surface area contributed by atoms with Crippen molar-refractivity contribution in [1.29, 1.82) is 0 Å². The van der Waals surface area contributed by atoms with E-state index in [1.165, 1.54) is 0 Å². The van der Waals surface area contributed by atoms with Gasteiger partial charge in [0.05, 0.1) is 11.5 Å². The summed E-state index contributed by atoms with van der Waals surface area (Å²) in [5.74, 6) is -0.304. The normalized spacial score (nSPS) is 22.0. The van der Waals surface area contributed by atoms with Crippen molar-refractivity contribution in [2.24, 2.45) is 5.73 Å². The van der Waals surface area contributed by atoms with Crippen molar-refractivity contribution in [1.82, 2.24) is 10.2 Å². The van der Waals surface area contributed by atoms with E-state index in [1.807, 2.05) is 38.1 Å². The fraction of sp³-hybridized carbons (Fsp3) is 0.357. The summed E-state index contributed by atoms with van der Waals surface area (Å²) in [6.07, 6.45) is 0.467. The Balaban J connectivity index is 2.42. The van der Waals surface area contributed by atoms with Gasteiger partial charge in [0.2, 0.25) is 0 Å². The van der Waals surface area contributed by atoms with E-state index in [9.17, 15) is 9.59 Å². The maximum atomic E-state index is 12.6. The van der Waals surface area contributed by atoms with Crippen LogP contribution in [0.4, 0.5) is 4.79 Å². The number of carbonyl (C=O) groups is 2. The molecule has 3 amide bonds. The van der Waals surface area contributed by atoms with Crippen LogP contribution in [-0.2, 0) is 10.3 Å². The van der Waals surface area contributed by atoms with Crippen LogP contribution in [0.25, 0.3) is 0 Å². The van der Waals surface area contributed by atoms with Crippen molar-refractivity contribution in [3.63, 3.8) is 0 Å². The molecule has 106 valence electrons. The van der Waals surface area contributed by atoms with Gasteiger partial charge in [-0.05, 0) is 18.9 Å². The van der Waals surface area contributed by atoms with Gasteiger partial charge in [-0.25, -0.2) is 4.79 Å². The second-order valence-electron chi connectivity index (χ2n) is 4.91. The summed E-state index contributed by atoms with van der Waals surface area (Å²) in [5, 5.41) is 2.78. The van der Waals surface area contributed by atoms with E-state index in [0.717, 1.165) is 16.0 Å². The predicted molar refractivity (Wildman–Crippen MR) is 80.2 cm³/mol. The number of imide groups is 1. The lowest BCUT2D eigenvalue weighted by molar-refractivity contribution is -0.131. The fourth-order valence-corrected chi connectivity index (χ4v) is 2.53. The Kier molecular flexibility index (Phi) is 3.76. The minimum Gasteiger partial charge on any atom is -0.392 e. The molecule has 1 unspecified atom stereocenters. The molecule has 20 heavy (non-hydrogen) atoms. The van der Waals surface area contributed by atoms with E-state index in [4.69, 9.17) is 18.0 Å². The summed E-state index contributed by atoms with van der Waals surface area (Å²) in [6.45, 7) is 3.80. The average molecular weight is 291 g/mol. The van der Waals surface area contributed by atoms with Crippen LogP contribution >= 0.6 is 12.2 Å². The van der Waals surface area contributed by atoms with Gasteiger partial charge in [-0.2, -0.15) is 0 Å². The van der Waals surface area contributed by atoms with Gasteiger partial charge in [0, 0.05) is 0 Å². The molecule has 0 aromatic heterocycles. The third-order valence-electron chi connectivity index (χ3n) is 3.56. The zero-order valence-electron chi connectivity index (χ0n) is 11.5. The Morgan fingerprint density at radius 1 is 1.35 bits per heavy atom. The summed E-state index contributed by atoms with van der Waals surface area (Å²) in [6, 6.07) is 7.11. The molecule has 5 nitrogen and oxygen atoms in total. The molecule has 1 aliphatic rings. The summed E-state index contributed by atoms with van der Waals surface area (Å²) < 4.78 is 0. The molecule has 0 spiro atoms. The van der Waals surface area contributed by atoms with E-state index in [0.29, 0.717) is 6.42 Å². The number of benzene rings is 1. The van der Waals surface area contributed by atoms with Crippen molar-refractivity contribution in [3.05, 3.63) is 35.4 Å². The molecule has 0 saturated carbocycles. The highest BCUT2D eigenvalue weighted by atomic mass is 32.1. The number of aryl methyl sites for hydroxylation is 1. The number of nitrogens with two attached hydrogens (primary N) is 1. The number of carbonyl (C=O) groups excluding carboxylic acids is 2. The van der Waals surface area contributed by atoms with Gasteiger partial charge in [0.15, 0.2) is 0 Å². The molecule has 1 aromatic carbocycles. The quantitative estimate of drug-likeness (QED) is 0.650. The summed E-state index contributed by atoms with van der Waals surface area (Å²) in [5.41, 5.74) is 6.29. The Morgan fingerprint density at radius 3 is 2.45 bits per heavy atom. The van der Waals surface area contributed by atoms with Crippen LogP contribution in [0.15, 0.2) is 24.3 Å². The molecule has 2 rings (SSSR count). The first kappa shape index (κ1) is 14.5. The van der Waals surface area contributed by atoms with Crippen LogP contribution in [0.3, 0.4) is 0 Å². The van der Waals surface area contributed by atoms with Gasteiger partial charge < -0.3 is 11.1 Å². The smallest absolute Gasteiger partial charge is 0.325 e.